The minimum atomic E-state index is -0.797. The van der Waals surface area contributed by atoms with E-state index in [-0.39, 0.29) is 5.91 Å². The lowest BCUT2D eigenvalue weighted by atomic mass is 9.90. The van der Waals surface area contributed by atoms with E-state index in [4.69, 9.17) is 10.5 Å². The molecule has 2 aliphatic rings. The topological polar surface area (TPSA) is 77.2 Å². The highest BCUT2D eigenvalue weighted by Gasteiger charge is 2.36. The van der Waals surface area contributed by atoms with Crippen molar-refractivity contribution in [3.05, 3.63) is 10.6 Å². The summed E-state index contributed by atoms with van der Waals surface area (Å²) in [4.78, 5) is 18.0. The first-order valence-corrected chi connectivity index (χ1v) is 7.16. The van der Waals surface area contributed by atoms with Crippen LogP contribution in [-0.4, -0.2) is 29.6 Å². The van der Waals surface area contributed by atoms with Crippen LogP contribution in [0.25, 0.3) is 0 Å². The van der Waals surface area contributed by atoms with Crippen LogP contribution in [0.15, 0.2) is 0 Å². The molecule has 98 valence electrons. The maximum Gasteiger partial charge on any atom is 0.246 e. The summed E-state index contributed by atoms with van der Waals surface area (Å²) in [5.74, 6) is -0.127. The molecular formula is C12H17N3O2S. The monoisotopic (exact) mass is 267 g/mol. The number of nitrogens with two attached hydrogens (primary N) is 1. The van der Waals surface area contributed by atoms with E-state index in [1.54, 1.807) is 11.3 Å². The molecule has 1 fully saturated rings. The van der Waals surface area contributed by atoms with Gasteiger partial charge in [0.2, 0.25) is 5.91 Å². The number of rotatable bonds is 2. The lowest BCUT2D eigenvalue weighted by molar-refractivity contribution is -0.124. The van der Waals surface area contributed by atoms with Gasteiger partial charge in [0.25, 0.3) is 0 Å². The van der Waals surface area contributed by atoms with E-state index in [1.165, 1.54) is 11.3 Å². The van der Waals surface area contributed by atoms with Gasteiger partial charge < -0.3 is 15.8 Å². The molecule has 0 aromatic carbocycles. The first kappa shape index (κ1) is 12.1. The number of hydrogen-bond donors (Lipinski definition) is 2. The van der Waals surface area contributed by atoms with Crippen molar-refractivity contribution in [2.45, 2.75) is 37.6 Å². The standard InChI is InChI=1S/C12H17N3O2S/c13-12(4-6-17-7-5-12)10(16)15-11-14-8-2-1-3-9(8)18-11/h1-7,13H2,(H,14,15,16). The predicted octanol–water partition coefficient (Wildman–Crippen LogP) is 1.08. The second kappa shape index (κ2) is 4.60. The Morgan fingerprint density at radius 1 is 1.39 bits per heavy atom. The van der Waals surface area contributed by atoms with E-state index < -0.39 is 5.54 Å². The van der Waals surface area contributed by atoms with E-state index in [2.05, 4.69) is 10.3 Å². The van der Waals surface area contributed by atoms with Crippen molar-refractivity contribution in [3.63, 3.8) is 0 Å². The molecule has 1 amide bonds. The highest BCUT2D eigenvalue weighted by molar-refractivity contribution is 7.15. The van der Waals surface area contributed by atoms with E-state index in [1.807, 2.05) is 0 Å². The highest BCUT2D eigenvalue weighted by Crippen LogP contribution is 2.31. The summed E-state index contributed by atoms with van der Waals surface area (Å²) in [5.41, 5.74) is 6.48. The van der Waals surface area contributed by atoms with Gasteiger partial charge in [-0.25, -0.2) is 4.98 Å². The molecule has 3 rings (SSSR count). The van der Waals surface area contributed by atoms with Crippen molar-refractivity contribution in [2.75, 3.05) is 18.5 Å². The zero-order valence-corrected chi connectivity index (χ0v) is 11.0. The van der Waals surface area contributed by atoms with Crippen molar-refractivity contribution in [3.8, 4) is 0 Å². The first-order chi connectivity index (χ1) is 8.67. The third kappa shape index (κ3) is 2.15. The lowest BCUT2D eigenvalue weighted by Gasteiger charge is -2.31. The summed E-state index contributed by atoms with van der Waals surface area (Å²) in [7, 11) is 0. The van der Waals surface area contributed by atoms with Gasteiger partial charge in [0.15, 0.2) is 5.13 Å². The number of aryl methyl sites for hydroxylation is 2. The van der Waals surface area contributed by atoms with Crippen molar-refractivity contribution < 1.29 is 9.53 Å². The molecule has 1 aliphatic carbocycles. The molecule has 18 heavy (non-hydrogen) atoms. The summed E-state index contributed by atoms with van der Waals surface area (Å²) in [6, 6.07) is 0. The molecule has 0 atom stereocenters. The van der Waals surface area contributed by atoms with Crippen LogP contribution < -0.4 is 11.1 Å². The van der Waals surface area contributed by atoms with Crippen molar-refractivity contribution in [1.82, 2.24) is 4.98 Å². The van der Waals surface area contributed by atoms with Crippen LogP contribution in [-0.2, 0) is 22.4 Å². The Morgan fingerprint density at radius 2 is 2.17 bits per heavy atom. The summed E-state index contributed by atoms with van der Waals surface area (Å²) in [6.07, 6.45) is 4.45. The Kier molecular flexibility index (Phi) is 3.09. The average molecular weight is 267 g/mol. The normalized spacial score (nSPS) is 21.6. The summed E-state index contributed by atoms with van der Waals surface area (Å²) < 4.78 is 5.24. The number of carbonyl (C=O) groups is 1. The minimum absolute atomic E-state index is 0.127. The van der Waals surface area contributed by atoms with Gasteiger partial charge in [0, 0.05) is 18.1 Å². The average Bonchev–Trinajstić information content (AvgIpc) is 2.90. The van der Waals surface area contributed by atoms with Crippen molar-refractivity contribution >= 4 is 22.4 Å². The molecule has 0 spiro atoms. The van der Waals surface area contributed by atoms with E-state index >= 15 is 0 Å². The Bertz CT molecular complexity index is 444. The number of nitrogens with zero attached hydrogens (tertiary/aromatic N) is 1. The molecule has 1 aromatic rings. The van der Waals surface area contributed by atoms with Gasteiger partial charge in [0.1, 0.15) is 5.54 Å². The quantitative estimate of drug-likeness (QED) is 0.840. The molecule has 0 bridgehead atoms. The second-order valence-electron chi connectivity index (χ2n) is 4.97. The van der Waals surface area contributed by atoms with Gasteiger partial charge >= 0.3 is 0 Å². The van der Waals surface area contributed by atoms with Gasteiger partial charge in [-0.15, -0.1) is 11.3 Å². The molecule has 1 aliphatic heterocycles. The van der Waals surface area contributed by atoms with E-state index in [9.17, 15) is 4.79 Å². The number of nitrogens with one attached hydrogen (secondary N) is 1. The molecule has 1 aromatic heterocycles. The van der Waals surface area contributed by atoms with E-state index in [0.717, 1.165) is 18.5 Å². The number of anilines is 1. The lowest BCUT2D eigenvalue weighted by Crippen LogP contribution is -2.54. The Hall–Kier alpha value is -0.980. The Balaban J connectivity index is 1.69. The predicted molar refractivity (Wildman–Crippen MR) is 69.7 cm³/mol. The number of carbonyl (C=O) groups excluding carboxylic acids is 1. The fourth-order valence-corrected chi connectivity index (χ4v) is 3.47. The van der Waals surface area contributed by atoms with Crippen LogP contribution in [0, 0.1) is 0 Å². The largest absolute Gasteiger partial charge is 0.381 e. The number of amides is 1. The zero-order valence-electron chi connectivity index (χ0n) is 10.2. The smallest absolute Gasteiger partial charge is 0.246 e. The fourth-order valence-electron chi connectivity index (χ4n) is 2.43. The maximum atomic E-state index is 12.2. The summed E-state index contributed by atoms with van der Waals surface area (Å²) in [5, 5.41) is 3.56. The molecule has 0 radical (unpaired) electrons. The maximum absolute atomic E-state index is 12.2. The Labute approximate surface area is 110 Å². The number of aromatic nitrogens is 1. The van der Waals surface area contributed by atoms with Gasteiger partial charge in [-0.1, -0.05) is 0 Å². The third-order valence-corrected chi connectivity index (χ3v) is 4.73. The number of fused-ring (bicyclic) bond motifs is 1. The molecular weight excluding hydrogens is 250 g/mol. The number of hydrogen-bond acceptors (Lipinski definition) is 5. The fraction of sp³-hybridized carbons (Fsp3) is 0.667. The van der Waals surface area contributed by atoms with E-state index in [0.29, 0.717) is 31.2 Å². The van der Waals surface area contributed by atoms with Crippen LogP contribution in [0.2, 0.25) is 0 Å². The molecule has 3 N–H and O–H groups in total. The first-order valence-electron chi connectivity index (χ1n) is 6.34. The highest BCUT2D eigenvalue weighted by atomic mass is 32.1. The molecule has 0 unspecified atom stereocenters. The number of ether oxygens (including phenoxy) is 1. The SMILES string of the molecule is NC1(C(=O)Nc2nc3c(s2)CCC3)CCOCC1. The van der Waals surface area contributed by atoms with Crippen LogP contribution in [0.5, 0.6) is 0 Å². The summed E-state index contributed by atoms with van der Waals surface area (Å²) in [6.45, 7) is 1.11. The molecule has 5 nitrogen and oxygen atoms in total. The number of thiazole rings is 1. The molecule has 6 heteroatoms. The van der Waals surface area contributed by atoms with Crippen LogP contribution in [0.4, 0.5) is 5.13 Å². The van der Waals surface area contributed by atoms with Gasteiger partial charge in [-0.05, 0) is 32.1 Å². The molecule has 2 heterocycles. The van der Waals surface area contributed by atoms with Crippen LogP contribution in [0.3, 0.4) is 0 Å². The molecule has 0 saturated carbocycles. The van der Waals surface area contributed by atoms with Crippen molar-refractivity contribution in [2.24, 2.45) is 5.73 Å². The Morgan fingerprint density at radius 3 is 2.89 bits per heavy atom. The summed E-state index contributed by atoms with van der Waals surface area (Å²) >= 11 is 1.58. The van der Waals surface area contributed by atoms with Crippen LogP contribution in [0.1, 0.15) is 29.8 Å². The van der Waals surface area contributed by atoms with Crippen LogP contribution >= 0.6 is 11.3 Å². The van der Waals surface area contributed by atoms with Gasteiger partial charge in [-0.2, -0.15) is 0 Å². The van der Waals surface area contributed by atoms with Crippen molar-refractivity contribution in [1.29, 1.82) is 0 Å². The second-order valence-corrected chi connectivity index (χ2v) is 6.05. The van der Waals surface area contributed by atoms with Gasteiger partial charge in [0.05, 0.1) is 5.69 Å². The van der Waals surface area contributed by atoms with Gasteiger partial charge in [-0.3, -0.25) is 4.79 Å². The third-order valence-electron chi connectivity index (χ3n) is 3.65. The zero-order chi connectivity index (χ0) is 12.6. The molecule has 1 saturated heterocycles. The minimum Gasteiger partial charge on any atom is -0.381 e.